The van der Waals surface area contributed by atoms with Gasteiger partial charge in [-0.2, -0.15) is 0 Å². The fourth-order valence-corrected chi connectivity index (χ4v) is 2.11. The van der Waals surface area contributed by atoms with Gasteiger partial charge in [-0.25, -0.2) is 0 Å². The highest BCUT2D eigenvalue weighted by Gasteiger charge is 2.12. The average Bonchev–Trinajstić information content (AvgIpc) is 3.06. The largest absolute Gasteiger partial charge is 0.395 e. The smallest absolute Gasteiger partial charge is 0.132 e. The Morgan fingerprint density at radius 3 is 2.44 bits per heavy atom. The number of nitrogens with zero attached hydrogens (tertiary/aromatic N) is 2. The van der Waals surface area contributed by atoms with E-state index in [0.717, 1.165) is 25.3 Å². The van der Waals surface area contributed by atoms with Gasteiger partial charge < -0.3 is 10.0 Å². The van der Waals surface area contributed by atoms with E-state index in [4.69, 9.17) is 5.11 Å². The minimum absolute atomic E-state index is 0.113. The van der Waals surface area contributed by atoms with Gasteiger partial charge in [-0.3, -0.25) is 4.99 Å². The molecule has 25 heavy (non-hydrogen) atoms. The molecule has 1 rings (SSSR count). The summed E-state index contributed by atoms with van der Waals surface area (Å²) in [6, 6.07) is 0. The van der Waals surface area contributed by atoms with Crippen LogP contribution in [-0.2, 0) is 0 Å². The lowest BCUT2D eigenvalue weighted by molar-refractivity contribution is 0.257. The van der Waals surface area contributed by atoms with Crippen LogP contribution in [0.15, 0.2) is 68.7 Å². The van der Waals surface area contributed by atoms with Gasteiger partial charge in [-0.15, -0.1) is 0 Å². The molecule has 0 saturated heterocycles. The van der Waals surface area contributed by atoms with Crippen LogP contribution in [0.3, 0.4) is 0 Å². The lowest BCUT2D eigenvalue weighted by atomic mass is 10.1. The summed E-state index contributed by atoms with van der Waals surface area (Å²) < 4.78 is 0. The van der Waals surface area contributed by atoms with Crippen LogP contribution in [0.2, 0.25) is 0 Å². The predicted molar refractivity (Wildman–Crippen MR) is 100 cm³/mol. The topological polar surface area (TPSA) is 35.8 Å². The third kappa shape index (κ3) is 10.6. The van der Waals surface area contributed by atoms with Gasteiger partial charge in [0.1, 0.15) is 5.84 Å². The fourth-order valence-electron chi connectivity index (χ4n) is 2.11. The van der Waals surface area contributed by atoms with Gasteiger partial charge in [0.05, 0.1) is 13.2 Å². The van der Waals surface area contributed by atoms with Gasteiger partial charge >= 0.3 is 0 Å². The van der Waals surface area contributed by atoms with E-state index < -0.39 is 0 Å². The quantitative estimate of drug-likeness (QED) is 0.544. The van der Waals surface area contributed by atoms with Gasteiger partial charge in [-0.05, 0) is 59.0 Å². The Bertz CT molecular complexity index is 792. The minimum atomic E-state index is 0.113. The predicted octanol–water partition coefficient (Wildman–Crippen LogP) is 3.62. The molecule has 0 radical (unpaired) electrons. The van der Waals surface area contributed by atoms with Crippen molar-refractivity contribution in [3.63, 3.8) is 0 Å². The maximum absolute atomic E-state index is 8.95. The van der Waals surface area contributed by atoms with Crippen LogP contribution in [0.4, 0.5) is 0 Å². The Morgan fingerprint density at radius 2 is 1.72 bits per heavy atom. The molecule has 0 atom stereocenters. The molecule has 1 heterocycles. The number of β-amino-alcohol motifs (C(OH)–C–C–N with tert-alkyl or cyclic N) is 1. The SMILES string of the molecule is CCCCCCC=C=C=C=C=C=C=C=C=C=CC1=NCCN1CCO. The third-order valence-corrected chi connectivity index (χ3v) is 3.36. The molecule has 0 spiro atoms. The van der Waals surface area contributed by atoms with E-state index in [-0.39, 0.29) is 6.61 Å². The van der Waals surface area contributed by atoms with E-state index >= 15 is 0 Å². The molecule has 1 aliphatic heterocycles. The van der Waals surface area contributed by atoms with Crippen LogP contribution in [0.5, 0.6) is 0 Å². The Labute approximate surface area is 150 Å². The van der Waals surface area contributed by atoms with Crippen LogP contribution in [0.25, 0.3) is 0 Å². The molecular weight excluding hydrogens is 308 g/mol. The van der Waals surface area contributed by atoms with E-state index in [9.17, 15) is 0 Å². The fraction of sp³-hybridized carbons (Fsp3) is 0.455. The molecule has 0 saturated carbocycles. The van der Waals surface area contributed by atoms with Crippen molar-refractivity contribution in [3.05, 3.63) is 63.7 Å². The first-order chi connectivity index (χ1) is 12.4. The molecule has 0 amide bonds. The highest BCUT2D eigenvalue weighted by Crippen LogP contribution is 2.02. The van der Waals surface area contributed by atoms with Gasteiger partial charge in [0, 0.05) is 19.2 Å². The first-order valence-corrected chi connectivity index (χ1v) is 8.69. The second-order valence-corrected chi connectivity index (χ2v) is 5.31. The molecule has 1 N–H and O–H groups in total. The van der Waals surface area contributed by atoms with Crippen molar-refractivity contribution in [3.8, 4) is 0 Å². The van der Waals surface area contributed by atoms with E-state index in [1.807, 2.05) is 11.0 Å². The second kappa shape index (κ2) is 14.8. The average molecular weight is 332 g/mol. The Kier molecular flexibility index (Phi) is 11.9. The Balaban J connectivity index is 2.64. The molecule has 0 bridgehead atoms. The number of aliphatic hydroxyl groups excluding tert-OH is 1. The minimum Gasteiger partial charge on any atom is -0.395 e. The van der Waals surface area contributed by atoms with Crippen molar-refractivity contribution in [2.24, 2.45) is 4.99 Å². The summed E-state index contributed by atoms with van der Waals surface area (Å²) >= 11 is 0. The van der Waals surface area contributed by atoms with Crippen molar-refractivity contribution < 1.29 is 5.11 Å². The summed E-state index contributed by atoms with van der Waals surface area (Å²) in [6.07, 6.45) is 9.70. The molecule has 0 aliphatic carbocycles. The lowest BCUT2D eigenvalue weighted by Gasteiger charge is -2.15. The normalized spacial score (nSPS) is 11.1. The zero-order valence-electron chi connectivity index (χ0n) is 14.9. The highest BCUT2D eigenvalue weighted by molar-refractivity contribution is 5.93. The molecule has 3 nitrogen and oxygen atoms in total. The van der Waals surface area contributed by atoms with Crippen molar-refractivity contribution in [2.75, 3.05) is 26.2 Å². The Hall–Kier alpha value is -2.81. The van der Waals surface area contributed by atoms with Gasteiger partial charge in [0.2, 0.25) is 0 Å². The molecule has 3 heteroatoms. The maximum Gasteiger partial charge on any atom is 0.132 e. The maximum atomic E-state index is 8.95. The summed E-state index contributed by atoms with van der Waals surface area (Å²) in [4.78, 5) is 6.30. The summed E-state index contributed by atoms with van der Waals surface area (Å²) in [5, 5.41) is 8.95. The molecule has 0 aromatic rings. The number of unbranched alkanes of at least 4 members (excludes halogenated alkanes) is 4. The zero-order valence-corrected chi connectivity index (χ0v) is 14.9. The summed E-state index contributed by atoms with van der Waals surface area (Å²) in [5.41, 5.74) is 24.4. The van der Waals surface area contributed by atoms with Crippen molar-refractivity contribution in [1.29, 1.82) is 0 Å². The molecule has 0 aromatic carbocycles. The van der Waals surface area contributed by atoms with Crippen molar-refractivity contribution >= 4 is 5.84 Å². The number of aliphatic hydroxyl groups is 1. The summed E-state index contributed by atoms with van der Waals surface area (Å²) in [7, 11) is 0. The van der Waals surface area contributed by atoms with Gasteiger partial charge in [0.15, 0.2) is 0 Å². The molecule has 0 fully saturated rings. The first-order valence-electron chi connectivity index (χ1n) is 8.69. The number of rotatable bonds is 8. The van der Waals surface area contributed by atoms with Crippen LogP contribution in [-0.4, -0.2) is 42.1 Å². The number of amidine groups is 1. The van der Waals surface area contributed by atoms with Gasteiger partial charge in [-0.1, -0.05) is 37.6 Å². The van der Waals surface area contributed by atoms with Crippen LogP contribution in [0, 0.1) is 0 Å². The second-order valence-electron chi connectivity index (χ2n) is 5.31. The van der Waals surface area contributed by atoms with E-state index in [1.54, 1.807) is 6.08 Å². The monoisotopic (exact) mass is 332 g/mol. The molecule has 0 aromatic heterocycles. The van der Waals surface area contributed by atoms with Crippen molar-refractivity contribution in [2.45, 2.75) is 39.0 Å². The molecular formula is C22H24N2O. The van der Waals surface area contributed by atoms with Crippen LogP contribution < -0.4 is 0 Å². The number of hydrogen-bond donors (Lipinski definition) is 1. The third-order valence-electron chi connectivity index (χ3n) is 3.36. The molecule has 0 unspecified atom stereocenters. The highest BCUT2D eigenvalue weighted by atomic mass is 16.3. The van der Waals surface area contributed by atoms with Crippen molar-refractivity contribution in [1.82, 2.24) is 4.90 Å². The molecule has 128 valence electrons. The lowest BCUT2D eigenvalue weighted by Crippen LogP contribution is -2.29. The zero-order chi connectivity index (χ0) is 18.0. The number of allylic oxidation sites excluding steroid dienone is 1. The van der Waals surface area contributed by atoms with E-state index in [1.165, 1.54) is 25.7 Å². The summed E-state index contributed by atoms with van der Waals surface area (Å²) in [5.74, 6) is 0.803. The van der Waals surface area contributed by atoms with Gasteiger partial charge in [0.25, 0.3) is 0 Å². The van der Waals surface area contributed by atoms with Crippen LogP contribution >= 0.6 is 0 Å². The van der Waals surface area contributed by atoms with Crippen LogP contribution in [0.1, 0.15) is 39.0 Å². The molecule has 1 aliphatic rings. The summed E-state index contributed by atoms with van der Waals surface area (Å²) in [6.45, 7) is 4.47. The number of hydrogen-bond acceptors (Lipinski definition) is 3. The van der Waals surface area contributed by atoms with E-state index in [2.05, 4.69) is 63.5 Å². The standard InChI is InChI=1S/C22H24N2O/c1-2-3-4-5-6-7-8-9-10-11-12-13-14-15-16-17-22-23-18-19-24(22)20-21-25/h7,17,25H,2-6,18-21H2,1H3. The first kappa shape index (κ1) is 20.2. The van der Waals surface area contributed by atoms with E-state index in [0.29, 0.717) is 6.54 Å². The number of aliphatic imine (C=N–C) groups is 1. The Morgan fingerprint density at radius 1 is 1.00 bits per heavy atom.